The number of carboxylic acid groups (broad SMARTS) is 2. The van der Waals surface area contributed by atoms with Gasteiger partial charge in [-0.2, -0.15) is 0 Å². The van der Waals surface area contributed by atoms with Gasteiger partial charge >= 0.3 is 18.0 Å². The fourth-order valence-corrected chi connectivity index (χ4v) is 5.41. The van der Waals surface area contributed by atoms with Gasteiger partial charge in [0.2, 0.25) is 0 Å². The molecule has 3 rings (SSSR count). The highest BCUT2D eigenvalue weighted by molar-refractivity contribution is 7.17. The molecule has 0 unspecified atom stereocenters. The Morgan fingerprint density at radius 1 is 1.00 bits per heavy atom. The maximum absolute atomic E-state index is 13.0. The van der Waals surface area contributed by atoms with Crippen LogP contribution in [0, 0.1) is 20.8 Å². The lowest BCUT2D eigenvalue weighted by molar-refractivity contribution is -0.145. The number of anilines is 2. The molecule has 0 fully saturated rings. The summed E-state index contributed by atoms with van der Waals surface area (Å²) in [5.41, 5.74) is 4.56. The summed E-state index contributed by atoms with van der Waals surface area (Å²) in [4.78, 5) is 49.3. The van der Waals surface area contributed by atoms with Crippen molar-refractivity contribution < 1.29 is 29.4 Å². The normalized spacial score (nSPS) is 13.5. The van der Waals surface area contributed by atoms with Gasteiger partial charge in [-0.1, -0.05) is 17.7 Å². The quantitative estimate of drug-likeness (QED) is 0.413. The number of carbonyl (C=O) groups excluding carboxylic acids is 2. The van der Waals surface area contributed by atoms with Crippen LogP contribution in [0.3, 0.4) is 0 Å². The summed E-state index contributed by atoms with van der Waals surface area (Å²) in [7, 11) is 0. The summed E-state index contributed by atoms with van der Waals surface area (Å²) in [5, 5.41) is 26.5. The number of rotatable bonds is 7. The van der Waals surface area contributed by atoms with Gasteiger partial charge in [0.05, 0.1) is 12.0 Å². The molecule has 1 aromatic carbocycles. The molecule has 5 N–H and O–H groups in total. The topological polar surface area (TPSA) is 145 Å². The lowest BCUT2D eigenvalue weighted by atomic mass is 9.95. The molecular weight excluding hydrogens is 446 g/mol. The van der Waals surface area contributed by atoms with E-state index in [0.29, 0.717) is 17.1 Å². The molecule has 1 aliphatic carbocycles. The summed E-state index contributed by atoms with van der Waals surface area (Å²) in [6.45, 7) is 5.76. The number of benzene rings is 1. The fraction of sp³-hybridized carbons (Fsp3) is 0.391. The zero-order chi connectivity index (χ0) is 24.3. The van der Waals surface area contributed by atoms with Gasteiger partial charge in [-0.25, -0.2) is 9.59 Å². The van der Waals surface area contributed by atoms with E-state index in [9.17, 15) is 24.3 Å². The lowest BCUT2D eigenvalue weighted by Gasteiger charge is -2.16. The van der Waals surface area contributed by atoms with Crippen molar-refractivity contribution in [3.8, 4) is 0 Å². The first-order valence-corrected chi connectivity index (χ1v) is 11.4. The monoisotopic (exact) mass is 473 g/mol. The molecule has 0 bridgehead atoms. The summed E-state index contributed by atoms with van der Waals surface area (Å²) in [6, 6.07) is 1.83. The fourth-order valence-electron chi connectivity index (χ4n) is 4.12. The number of fused-ring (bicyclic) bond motifs is 1. The number of thiophene rings is 1. The molecule has 33 heavy (non-hydrogen) atoms. The molecule has 1 aliphatic rings. The molecule has 2 aromatic rings. The van der Waals surface area contributed by atoms with Crippen LogP contribution in [0.25, 0.3) is 0 Å². The highest BCUT2D eigenvalue weighted by atomic mass is 32.1. The number of aryl methyl sites for hydroxylation is 4. The van der Waals surface area contributed by atoms with Gasteiger partial charge in [-0.05, 0) is 63.1 Å². The van der Waals surface area contributed by atoms with Crippen molar-refractivity contribution in [1.29, 1.82) is 0 Å². The van der Waals surface area contributed by atoms with Crippen LogP contribution >= 0.6 is 11.3 Å². The number of hydrogen-bond donors (Lipinski definition) is 5. The molecule has 0 saturated carbocycles. The molecule has 9 nitrogen and oxygen atoms in total. The van der Waals surface area contributed by atoms with E-state index >= 15 is 0 Å². The van der Waals surface area contributed by atoms with Gasteiger partial charge in [-0.15, -0.1) is 11.3 Å². The molecule has 0 spiro atoms. The van der Waals surface area contributed by atoms with Crippen LogP contribution < -0.4 is 16.0 Å². The van der Waals surface area contributed by atoms with Crippen molar-refractivity contribution in [1.82, 2.24) is 5.32 Å². The minimum absolute atomic E-state index is 0.207. The van der Waals surface area contributed by atoms with E-state index in [1.165, 1.54) is 11.3 Å². The SMILES string of the molecule is Cc1cc(C)c(NC(=O)Nc2sc3c(c2C(=O)N[C@@H](CC(=O)O)C(=O)O)CCCC3)c(C)c1. The maximum atomic E-state index is 13.0. The van der Waals surface area contributed by atoms with Crippen LogP contribution in [0.4, 0.5) is 15.5 Å². The zero-order valence-electron chi connectivity index (χ0n) is 18.7. The van der Waals surface area contributed by atoms with Crippen molar-refractivity contribution >= 4 is 45.9 Å². The molecule has 0 radical (unpaired) electrons. The standard InChI is InChI=1S/C23H27N3O6S/c1-11-8-12(2)19(13(3)9-11)25-23(32)26-21-18(14-6-4-5-7-16(14)33-21)20(29)24-15(22(30)31)10-17(27)28/h8-9,15H,4-7,10H2,1-3H3,(H,24,29)(H,27,28)(H,30,31)(H2,25,26,32)/t15-/m0/s1. The number of urea groups is 1. The molecule has 10 heteroatoms. The average Bonchev–Trinajstić information content (AvgIpc) is 3.07. The number of aliphatic carboxylic acids is 2. The van der Waals surface area contributed by atoms with Crippen molar-refractivity contribution in [3.05, 3.63) is 44.8 Å². The van der Waals surface area contributed by atoms with Crippen LogP contribution in [0.5, 0.6) is 0 Å². The van der Waals surface area contributed by atoms with Crippen molar-refractivity contribution in [3.63, 3.8) is 0 Å². The minimum atomic E-state index is -1.58. The van der Waals surface area contributed by atoms with Crippen molar-refractivity contribution in [2.24, 2.45) is 0 Å². The molecule has 3 amide bonds. The summed E-state index contributed by atoms with van der Waals surface area (Å²) < 4.78 is 0. The second kappa shape index (κ2) is 10.0. The predicted molar refractivity (Wildman–Crippen MR) is 125 cm³/mol. The minimum Gasteiger partial charge on any atom is -0.481 e. The van der Waals surface area contributed by atoms with E-state index < -0.39 is 36.3 Å². The third-order valence-electron chi connectivity index (χ3n) is 5.52. The predicted octanol–water partition coefficient (Wildman–Crippen LogP) is 3.85. The van der Waals surface area contributed by atoms with E-state index in [1.54, 1.807) is 0 Å². The molecule has 176 valence electrons. The number of carbonyl (C=O) groups is 4. The summed E-state index contributed by atoms with van der Waals surface area (Å²) in [6.07, 6.45) is 2.47. The Balaban J connectivity index is 1.87. The van der Waals surface area contributed by atoms with Crippen molar-refractivity contribution in [2.75, 3.05) is 10.6 Å². The highest BCUT2D eigenvalue weighted by Crippen LogP contribution is 2.38. The Hall–Kier alpha value is -3.40. The first-order valence-electron chi connectivity index (χ1n) is 10.6. The van der Waals surface area contributed by atoms with E-state index in [0.717, 1.165) is 46.4 Å². The van der Waals surface area contributed by atoms with Crippen LogP contribution in [-0.2, 0) is 22.4 Å². The Morgan fingerprint density at radius 2 is 1.64 bits per heavy atom. The molecule has 0 aliphatic heterocycles. The Bertz CT molecular complexity index is 1100. The van der Waals surface area contributed by atoms with Gasteiger partial charge in [0.1, 0.15) is 11.0 Å². The summed E-state index contributed by atoms with van der Waals surface area (Å²) in [5.74, 6) is -3.48. The van der Waals surface area contributed by atoms with Crippen LogP contribution in [0.1, 0.15) is 56.8 Å². The number of hydrogen-bond acceptors (Lipinski definition) is 5. The smallest absolute Gasteiger partial charge is 0.326 e. The van der Waals surface area contributed by atoms with E-state index in [-0.39, 0.29) is 5.56 Å². The number of carboxylic acids is 2. The maximum Gasteiger partial charge on any atom is 0.326 e. The Morgan fingerprint density at radius 3 is 2.24 bits per heavy atom. The molecule has 1 atom stereocenters. The largest absolute Gasteiger partial charge is 0.481 e. The van der Waals surface area contributed by atoms with Crippen LogP contribution in [-0.4, -0.2) is 40.1 Å². The third kappa shape index (κ3) is 5.70. The number of nitrogens with one attached hydrogen (secondary N) is 3. The van der Waals surface area contributed by atoms with Crippen molar-refractivity contribution in [2.45, 2.75) is 58.9 Å². The Kier molecular flexibility index (Phi) is 7.37. The van der Waals surface area contributed by atoms with E-state index in [4.69, 9.17) is 5.11 Å². The summed E-state index contributed by atoms with van der Waals surface area (Å²) >= 11 is 1.29. The van der Waals surface area contributed by atoms with Gasteiger partial charge in [0, 0.05) is 10.6 Å². The first kappa shape index (κ1) is 24.2. The Labute approximate surface area is 195 Å². The molecular formula is C23H27N3O6S. The van der Waals surface area contributed by atoms with Gasteiger partial charge in [0.25, 0.3) is 5.91 Å². The molecule has 0 saturated heterocycles. The van der Waals surface area contributed by atoms with E-state index in [1.807, 2.05) is 32.9 Å². The van der Waals surface area contributed by atoms with Gasteiger partial charge in [-0.3, -0.25) is 14.9 Å². The third-order valence-corrected chi connectivity index (χ3v) is 6.73. The zero-order valence-corrected chi connectivity index (χ0v) is 19.5. The first-order chi connectivity index (χ1) is 15.6. The highest BCUT2D eigenvalue weighted by Gasteiger charge is 2.30. The van der Waals surface area contributed by atoms with E-state index in [2.05, 4.69) is 16.0 Å². The van der Waals surface area contributed by atoms with Crippen LogP contribution in [0.2, 0.25) is 0 Å². The molecule has 1 aromatic heterocycles. The second-order valence-corrected chi connectivity index (χ2v) is 9.34. The molecule has 1 heterocycles. The second-order valence-electron chi connectivity index (χ2n) is 8.23. The van der Waals surface area contributed by atoms with Gasteiger partial charge < -0.3 is 20.8 Å². The van der Waals surface area contributed by atoms with Crippen LogP contribution in [0.15, 0.2) is 12.1 Å². The van der Waals surface area contributed by atoms with Gasteiger partial charge in [0.15, 0.2) is 0 Å². The lowest BCUT2D eigenvalue weighted by Crippen LogP contribution is -2.42. The average molecular weight is 474 g/mol. The number of amides is 3.